The van der Waals surface area contributed by atoms with Gasteiger partial charge in [-0.25, -0.2) is 9.97 Å². The normalized spacial score (nSPS) is 13.0. The fraction of sp³-hybridized carbons (Fsp3) is 0.0357. The van der Waals surface area contributed by atoms with Crippen LogP contribution >= 0.6 is 0 Å². The first-order valence-corrected chi connectivity index (χ1v) is 20.4. The minimum absolute atomic E-state index is 0.895. The van der Waals surface area contributed by atoms with E-state index in [1.54, 1.807) is 0 Å². The Labute approximate surface area is 341 Å². The molecular weight excluding hydrogens is 717 g/mol. The van der Waals surface area contributed by atoms with Crippen molar-refractivity contribution in [2.75, 3.05) is 0 Å². The van der Waals surface area contributed by atoms with Crippen LogP contribution in [-0.2, 0) is 6.42 Å². The van der Waals surface area contributed by atoms with Crippen LogP contribution < -0.4 is 0 Å². The molecule has 3 aromatic heterocycles. The number of benzene rings is 8. The molecule has 12 rings (SSSR count). The average molecular weight is 753 g/mol. The highest BCUT2D eigenvalue weighted by Crippen LogP contribution is 2.42. The monoisotopic (exact) mass is 752 g/mol. The summed E-state index contributed by atoms with van der Waals surface area (Å²) in [5.74, 6) is 0. The predicted molar refractivity (Wildman–Crippen MR) is 247 cm³/mol. The van der Waals surface area contributed by atoms with Gasteiger partial charge in [-0.2, -0.15) is 0 Å². The third-order valence-corrected chi connectivity index (χ3v) is 12.2. The molecule has 0 atom stereocenters. The fourth-order valence-electron chi connectivity index (χ4n) is 9.34. The Kier molecular flexibility index (Phi) is 7.67. The highest BCUT2D eigenvalue weighted by Gasteiger charge is 2.19. The zero-order chi connectivity index (χ0) is 38.9. The summed E-state index contributed by atoms with van der Waals surface area (Å²) >= 11 is 0. The average Bonchev–Trinajstić information content (AvgIpc) is 3.68. The highest BCUT2D eigenvalue weighted by atomic mass is 16.3. The van der Waals surface area contributed by atoms with E-state index in [0.29, 0.717) is 0 Å². The summed E-state index contributed by atoms with van der Waals surface area (Å²) in [6.45, 7) is 0. The smallest absolute Gasteiger partial charge is 0.144 e. The topological polar surface area (TPSA) is 38.9 Å². The lowest BCUT2D eigenvalue weighted by Gasteiger charge is -2.16. The largest absolute Gasteiger partial charge is 0.455 e. The van der Waals surface area contributed by atoms with Crippen LogP contribution in [0.4, 0.5) is 0 Å². The predicted octanol–water partition coefficient (Wildman–Crippen LogP) is 15.0. The maximum Gasteiger partial charge on any atom is 0.144 e. The SMILES string of the molecule is C1=Cc2ccc3ccc(-c4ccc(-c5cccc(-c6nc7ccccc7c7c6ccc6c8ccccc8oc67)c5)c5ccccc45)nc3c2CCC=C1c1ccccc1. The molecule has 1 aliphatic rings. The van der Waals surface area contributed by atoms with Crippen LogP contribution in [-0.4, -0.2) is 9.97 Å². The molecule has 0 saturated heterocycles. The number of furan rings is 1. The molecule has 0 amide bonds. The molecule has 3 heteroatoms. The fourth-order valence-corrected chi connectivity index (χ4v) is 9.34. The molecule has 0 spiro atoms. The molecule has 8 aromatic carbocycles. The Morgan fingerprint density at radius 2 is 1.19 bits per heavy atom. The van der Waals surface area contributed by atoms with E-state index in [0.717, 1.165) is 90.1 Å². The summed E-state index contributed by atoms with van der Waals surface area (Å²) in [6, 6.07) is 62.7. The van der Waals surface area contributed by atoms with Gasteiger partial charge in [-0.1, -0.05) is 164 Å². The minimum atomic E-state index is 0.895. The zero-order valence-corrected chi connectivity index (χ0v) is 32.2. The van der Waals surface area contributed by atoms with Crippen molar-refractivity contribution in [1.29, 1.82) is 0 Å². The van der Waals surface area contributed by atoms with E-state index in [9.17, 15) is 0 Å². The maximum absolute atomic E-state index is 6.60. The molecule has 0 fully saturated rings. The van der Waals surface area contributed by atoms with Gasteiger partial charge in [0.15, 0.2) is 0 Å². The Morgan fingerprint density at radius 1 is 0.475 bits per heavy atom. The molecule has 0 bridgehead atoms. The van der Waals surface area contributed by atoms with Crippen molar-refractivity contribution < 1.29 is 4.42 Å². The number of hydrogen-bond acceptors (Lipinski definition) is 3. The van der Waals surface area contributed by atoms with E-state index < -0.39 is 0 Å². The number of pyridine rings is 2. The van der Waals surface area contributed by atoms with E-state index in [1.165, 1.54) is 44.0 Å². The number of fused-ring (bicyclic) bond motifs is 11. The summed E-state index contributed by atoms with van der Waals surface area (Å²) < 4.78 is 6.60. The second kappa shape index (κ2) is 13.5. The standard InChI is InChI=1S/C56H36N2O/c1-2-12-35(13-3-1)36-14-11-21-42-37(25-24-36)26-27-38-28-33-51(58-54(38)42)45-30-29-41(43-17-4-5-18-44(43)45)39-15-10-16-40(34-39)55-49-32-31-47-46-19-7-9-23-52(46)59-56(47)53(49)48-20-6-8-22-50(48)57-55/h1-10,12-20,22-34H,11,21H2. The maximum atomic E-state index is 6.60. The third kappa shape index (κ3) is 5.50. The van der Waals surface area contributed by atoms with E-state index in [1.807, 2.05) is 12.1 Å². The molecule has 0 aliphatic heterocycles. The van der Waals surface area contributed by atoms with Crippen LogP contribution in [0.3, 0.4) is 0 Å². The number of allylic oxidation sites excluding steroid dienone is 3. The molecule has 0 radical (unpaired) electrons. The van der Waals surface area contributed by atoms with Gasteiger partial charge in [-0.3, -0.25) is 0 Å². The lowest BCUT2D eigenvalue weighted by atomic mass is 9.91. The van der Waals surface area contributed by atoms with Gasteiger partial charge in [0.1, 0.15) is 11.2 Å². The second-order valence-corrected chi connectivity index (χ2v) is 15.5. The molecule has 276 valence electrons. The van der Waals surface area contributed by atoms with Crippen molar-refractivity contribution in [2.24, 2.45) is 0 Å². The lowest BCUT2D eigenvalue weighted by Crippen LogP contribution is -1.97. The Hall–Kier alpha value is -7.62. The van der Waals surface area contributed by atoms with Crippen LogP contribution in [0.1, 0.15) is 23.1 Å². The van der Waals surface area contributed by atoms with Gasteiger partial charge in [0.05, 0.1) is 22.4 Å². The van der Waals surface area contributed by atoms with Crippen molar-refractivity contribution in [3.8, 4) is 33.6 Å². The number of aromatic nitrogens is 2. The van der Waals surface area contributed by atoms with E-state index >= 15 is 0 Å². The quantitative estimate of drug-likeness (QED) is 0.168. The first kappa shape index (κ1) is 33.5. The van der Waals surface area contributed by atoms with Crippen molar-refractivity contribution in [3.05, 3.63) is 205 Å². The van der Waals surface area contributed by atoms with Crippen molar-refractivity contribution in [2.45, 2.75) is 12.8 Å². The Morgan fingerprint density at radius 3 is 2.08 bits per heavy atom. The van der Waals surface area contributed by atoms with E-state index in [-0.39, 0.29) is 0 Å². The van der Waals surface area contributed by atoms with Gasteiger partial charge in [0.25, 0.3) is 0 Å². The number of hydrogen-bond donors (Lipinski definition) is 0. The molecule has 0 saturated carbocycles. The molecule has 59 heavy (non-hydrogen) atoms. The molecule has 1 aliphatic carbocycles. The molecule has 0 N–H and O–H groups in total. The minimum Gasteiger partial charge on any atom is -0.455 e. The van der Waals surface area contributed by atoms with Gasteiger partial charge < -0.3 is 4.42 Å². The summed E-state index contributed by atoms with van der Waals surface area (Å²) in [7, 11) is 0. The van der Waals surface area contributed by atoms with Gasteiger partial charge in [0, 0.05) is 43.4 Å². The Bertz CT molecular complexity index is 3550. The van der Waals surface area contributed by atoms with E-state index in [4.69, 9.17) is 14.4 Å². The van der Waals surface area contributed by atoms with Crippen LogP contribution in [0, 0.1) is 0 Å². The lowest BCUT2D eigenvalue weighted by molar-refractivity contribution is 0.673. The third-order valence-electron chi connectivity index (χ3n) is 12.2. The number of aryl methyl sites for hydroxylation is 1. The van der Waals surface area contributed by atoms with Crippen molar-refractivity contribution >= 4 is 76.9 Å². The zero-order valence-electron chi connectivity index (χ0n) is 32.2. The van der Waals surface area contributed by atoms with Crippen LogP contribution in [0.15, 0.2) is 192 Å². The number of nitrogens with zero attached hydrogens (tertiary/aromatic N) is 2. The van der Waals surface area contributed by atoms with Gasteiger partial charge in [-0.05, 0) is 87.3 Å². The van der Waals surface area contributed by atoms with Crippen LogP contribution in [0.25, 0.3) is 111 Å². The van der Waals surface area contributed by atoms with Gasteiger partial charge in [-0.15, -0.1) is 0 Å². The summed E-state index contributed by atoms with van der Waals surface area (Å²) in [5.41, 5.74) is 15.3. The van der Waals surface area contributed by atoms with Crippen LogP contribution in [0.2, 0.25) is 0 Å². The first-order valence-electron chi connectivity index (χ1n) is 20.4. The molecule has 3 nitrogen and oxygen atoms in total. The highest BCUT2D eigenvalue weighted by molar-refractivity contribution is 6.24. The first-order chi connectivity index (χ1) is 29.2. The van der Waals surface area contributed by atoms with Crippen LogP contribution in [0.5, 0.6) is 0 Å². The van der Waals surface area contributed by atoms with Gasteiger partial charge in [0.2, 0.25) is 0 Å². The van der Waals surface area contributed by atoms with Crippen molar-refractivity contribution in [1.82, 2.24) is 9.97 Å². The summed E-state index contributed by atoms with van der Waals surface area (Å²) in [5, 5.41) is 9.04. The number of rotatable bonds is 4. The summed E-state index contributed by atoms with van der Waals surface area (Å²) in [6.07, 6.45) is 8.76. The van der Waals surface area contributed by atoms with Gasteiger partial charge >= 0.3 is 0 Å². The molecule has 11 aromatic rings. The Balaban J connectivity index is 0.969. The van der Waals surface area contributed by atoms with E-state index in [2.05, 4.69) is 182 Å². The second-order valence-electron chi connectivity index (χ2n) is 15.5. The molecule has 3 heterocycles. The number of para-hydroxylation sites is 2. The molecule has 0 unspecified atom stereocenters. The van der Waals surface area contributed by atoms with Crippen molar-refractivity contribution in [3.63, 3.8) is 0 Å². The summed E-state index contributed by atoms with van der Waals surface area (Å²) in [4.78, 5) is 10.7. The molecular formula is C56H36N2O.